The molecule has 0 aliphatic carbocycles. The Morgan fingerprint density at radius 2 is 1.85 bits per heavy atom. The molecule has 33 heavy (non-hydrogen) atoms. The first-order chi connectivity index (χ1) is 16.0. The second kappa shape index (κ2) is 8.71. The van der Waals surface area contributed by atoms with Gasteiger partial charge in [-0.25, -0.2) is 0 Å². The number of anilines is 1. The summed E-state index contributed by atoms with van der Waals surface area (Å²) in [6.45, 7) is 1.55. The van der Waals surface area contributed by atoms with Crippen molar-refractivity contribution in [1.29, 1.82) is 0 Å². The van der Waals surface area contributed by atoms with Crippen molar-refractivity contribution in [3.8, 4) is 11.1 Å². The molecule has 0 atom stereocenters. The van der Waals surface area contributed by atoms with Crippen LogP contribution in [0.5, 0.6) is 0 Å². The number of rotatable bonds is 4. The van der Waals surface area contributed by atoms with Crippen LogP contribution in [0, 0.1) is 0 Å². The summed E-state index contributed by atoms with van der Waals surface area (Å²) in [5, 5.41) is 2.87. The van der Waals surface area contributed by atoms with Gasteiger partial charge in [0.2, 0.25) is 0 Å². The van der Waals surface area contributed by atoms with Gasteiger partial charge < -0.3 is 19.5 Å². The van der Waals surface area contributed by atoms with E-state index in [1.165, 1.54) is 0 Å². The molecule has 0 radical (unpaired) electrons. The number of nitrogens with one attached hydrogen (secondary N) is 1. The smallest absolute Gasteiger partial charge is 0.256 e. The Bertz CT molecular complexity index is 1230. The first-order valence-corrected chi connectivity index (χ1v) is 11.3. The molecule has 2 aliphatic rings. The Balaban J connectivity index is 1.34. The fourth-order valence-corrected chi connectivity index (χ4v) is 4.60. The van der Waals surface area contributed by atoms with Crippen LogP contribution in [0.4, 0.5) is 5.69 Å². The van der Waals surface area contributed by atoms with Crippen molar-refractivity contribution in [2.24, 2.45) is 0 Å². The molecule has 1 N–H and O–H groups in total. The SMILES string of the molecule is CN(C)C1CCN(C(=O)c2cccc(-c3coc(C=C4C(=O)Nc5ccccc54)c3)c2)CC1. The summed E-state index contributed by atoms with van der Waals surface area (Å²) in [4.78, 5) is 29.6. The molecule has 6 heteroatoms. The average molecular weight is 442 g/mol. The van der Waals surface area contributed by atoms with Crippen molar-refractivity contribution < 1.29 is 14.0 Å². The molecule has 0 bridgehead atoms. The van der Waals surface area contributed by atoms with Gasteiger partial charge in [-0.05, 0) is 62.8 Å². The van der Waals surface area contributed by atoms with Crippen molar-refractivity contribution in [2.75, 3.05) is 32.5 Å². The molecular weight excluding hydrogens is 414 g/mol. The third-order valence-corrected chi connectivity index (χ3v) is 6.54. The number of hydrogen-bond donors (Lipinski definition) is 1. The van der Waals surface area contributed by atoms with Gasteiger partial charge in [0.05, 0.1) is 11.8 Å². The van der Waals surface area contributed by atoms with Crippen LogP contribution in [0.2, 0.25) is 0 Å². The second-order valence-corrected chi connectivity index (χ2v) is 8.86. The van der Waals surface area contributed by atoms with E-state index >= 15 is 0 Å². The molecule has 168 valence electrons. The van der Waals surface area contributed by atoms with Crippen molar-refractivity contribution in [3.05, 3.63) is 77.7 Å². The molecule has 0 spiro atoms. The Morgan fingerprint density at radius 3 is 2.64 bits per heavy atom. The van der Waals surface area contributed by atoms with Gasteiger partial charge in [-0.2, -0.15) is 0 Å². The maximum Gasteiger partial charge on any atom is 0.256 e. The summed E-state index contributed by atoms with van der Waals surface area (Å²) in [5.74, 6) is 0.522. The van der Waals surface area contributed by atoms with Gasteiger partial charge in [0.25, 0.3) is 11.8 Å². The maximum atomic E-state index is 13.1. The topological polar surface area (TPSA) is 65.8 Å². The van der Waals surface area contributed by atoms with Crippen LogP contribution >= 0.6 is 0 Å². The van der Waals surface area contributed by atoms with Crippen LogP contribution in [-0.2, 0) is 4.79 Å². The number of amides is 2. The van der Waals surface area contributed by atoms with E-state index in [4.69, 9.17) is 4.42 Å². The molecule has 6 nitrogen and oxygen atoms in total. The van der Waals surface area contributed by atoms with Gasteiger partial charge in [0.15, 0.2) is 0 Å². The predicted octanol–water partition coefficient (Wildman–Crippen LogP) is 4.61. The van der Waals surface area contributed by atoms with E-state index in [9.17, 15) is 9.59 Å². The first-order valence-electron chi connectivity index (χ1n) is 11.3. The molecule has 2 aromatic carbocycles. The van der Waals surface area contributed by atoms with Crippen LogP contribution in [0.25, 0.3) is 22.8 Å². The molecular formula is C27H27N3O3. The Labute approximate surface area is 193 Å². The molecule has 3 heterocycles. The van der Waals surface area contributed by atoms with Gasteiger partial charge in [-0.3, -0.25) is 9.59 Å². The molecule has 0 unspecified atom stereocenters. The number of piperidine rings is 1. The van der Waals surface area contributed by atoms with Gasteiger partial charge in [0.1, 0.15) is 5.76 Å². The minimum absolute atomic E-state index is 0.0686. The highest BCUT2D eigenvalue weighted by Gasteiger charge is 2.25. The number of para-hydroxylation sites is 1. The minimum Gasteiger partial charge on any atom is -0.464 e. The third kappa shape index (κ3) is 4.22. The second-order valence-electron chi connectivity index (χ2n) is 8.86. The fourth-order valence-electron chi connectivity index (χ4n) is 4.60. The predicted molar refractivity (Wildman–Crippen MR) is 130 cm³/mol. The quantitative estimate of drug-likeness (QED) is 0.601. The Kier molecular flexibility index (Phi) is 5.60. The number of furan rings is 1. The standard InChI is InChI=1S/C27H27N3O3/c1-29(2)21-10-12-30(13-11-21)27(32)19-7-5-6-18(14-19)20-15-22(33-17-20)16-24-23-8-3-4-9-25(23)28-26(24)31/h3-9,14-17,21H,10-13H2,1-2H3,(H,28,31). The van der Waals surface area contributed by atoms with Crippen LogP contribution in [0.3, 0.4) is 0 Å². The van der Waals surface area contributed by atoms with E-state index in [0.717, 1.165) is 48.3 Å². The highest BCUT2D eigenvalue weighted by atomic mass is 16.3. The molecule has 1 aromatic heterocycles. The lowest BCUT2D eigenvalue weighted by Crippen LogP contribution is -2.44. The number of nitrogens with zero attached hydrogens (tertiary/aromatic N) is 2. The van der Waals surface area contributed by atoms with E-state index < -0.39 is 0 Å². The van der Waals surface area contributed by atoms with Crippen molar-refractivity contribution in [3.63, 3.8) is 0 Å². The zero-order valence-electron chi connectivity index (χ0n) is 18.9. The average Bonchev–Trinajstić information content (AvgIpc) is 3.43. The Hall–Kier alpha value is -3.64. The number of benzene rings is 2. The van der Waals surface area contributed by atoms with Gasteiger partial charge in [-0.1, -0.05) is 30.3 Å². The molecule has 5 rings (SSSR count). The summed E-state index contributed by atoms with van der Waals surface area (Å²) >= 11 is 0. The molecule has 3 aromatic rings. The van der Waals surface area contributed by atoms with Crippen molar-refractivity contribution in [2.45, 2.75) is 18.9 Å². The molecule has 1 fully saturated rings. The number of hydrogen-bond acceptors (Lipinski definition) is 4. The van der Waals surface area contributed by atoms with Crippen LogP contribution in [0.15, 0.2) is 65.3 Å². The van der Waals surface area contributed by atoms with Crippen LogP contribution in [0.1, 0.15) is 34.5 Å². The highest BCUT2D eigenvalue weighted by Crippen LogP contribution is 2.34. The number of carbonyl (C=O) groups excluding carboxylic acids is 2. The molecule has 2 aliphatic heterocycles. The normalized spacial score (nSPS) is 17.5. The van der Waals surface area contributed by atoms with Crippen molar-refractivity contribution in [1.82, 2.24) is 9.80 Å². The lowest BCUT2D eigenvalue weighted by atomic mass is 10.0. The zero-order valence-corrected chi connectivity index (χ0v) is 18.9. The number of carbonyl (C=O) groups is 2. The summed E-state index contributed by atoms with van der Waals surface area (Å²) in [5.41, 5.74) is 4.72. The van der Waals surface area contributed by atoms with Crippen LogP contribution < -0.4 is 5.32 Å². The lowest BCUT2D eigenvalue weighted by Gasteiger charge is -2.35. The summed E-state index contributed by atoms with van der Waals surface area (Å²) < 4.78 is 5.74. The molecule has 0 saturated carbocycles. The van der Waals surface area contributed by atoms with E-state index in [1.807, 2.05) is 59.5 Å². The highest BCUT2D eigenvalue weighted by molar-refractivity contribution is 6.34. The van der Waals surface area contributed by atoms with E-state index in [0.29, 0.717) is 22.9 Å². The van der Waals surface area contributed by atoms with Crippen LogP contribution in [-0.4, -0.2) is 54.8 Å². The third-order valence-electron chi connectivity index (χ3n) is 6.54. The Morgan fingerprint density at radius 1 is 1.06 bits per heavy atom. The van der Waals surface area contributed by atoms with E-state index in [2.05, 4.69) is 24.3 Å². The molecule has 1 saturated heterocycles. The van der Waals surface area contributed by atoms with Gasteiger partial charge >= 0.3 is 0 Å². The number of likely N-dealkylation sites (tertiary alicyclic amines) is 1. The lowest BCUT2D eigenvalue weighted by molar-refractivity contribution is -0.110. The van der Waals surface area contributed by atoms with E-state index in [1.54, 1.807) is 12.3 Å². The largest absolute Gasteiger partial charge is 0.464 e. The number of fused-ring (bicyclic) bond motifs is 1. The van der Waals surface area contributed by atoms with Crippen molar-refractivity contribution >= 4 is 29.2 Å². The zero-order chi connectivity index (χ0) is 22.9. The monoisotopic (exact) mass is 441 g/mol. The maximum absolute atomic E-state index is 13.1. The summed E-state index contributed by atoms with van der Waals surface area (Å²) in [7, 11) is 4.19. The minimum atomic E-state index is -0.139. The summed E-state index contributed by atoms with van der Waals surface area (Å²) in [6.07, 6.45) is 5.41. The fraction of sp³-hybridized carbons (Fsp3) is 0.259. The first kappa shape index (κ1) is 21.2. The van der Waals surface area contributed by atoms with Gasteiger partial charge in [0, 0.05) is 41.5 Å². The summed E-state index contributed by atoms with van der Waals surface area (Å²) in [6, 6.07) is 17.7. The molecule has 2 amide bonds. The van der Waals surface area contributed by atoms with Gasteiger partial charge in [-0.15, -0.1) is 0 Å². The van der Waals surface area contributed by atoms with E-state index in [-0.39, 0.29) is 11.8 Å².